The molecule has 0 radical (unpaired) electrons. The zero-order chi connectivity index (χ0) is 13.9. The highest BCUT2D eigenvalue weighted by molar-refractivity contribution is 7.12. The lowest BCUT2D eigenvalue weighted by atomic mass is 10.0. The average Bonchev–Trinajstić information content (AvgIpc) is 2.70. The van der Waals surface area contributed by atoms with Gasteiger partial charge in [0.2, 0.25) is 0 Å². The van der Waals surface area contributed by atoms with Gasteiger partial charge in [-0.1, -0.05) is 30.2 Å². The summed E-state index contributed by atoms with van der Waals surface area (Å²) in [6, 6.07) is 10.3. The van der Waals surface area contributed by atoms with Crippen LogP contribution in [0.2, 0.25) is 5.02 Å². The summed E-state index contributed by atoms with van der Waals surface area (Å²) in [7, 11) is 0. The van der Waals surface area contributed by atoms with Crippen LogP contribution >= 0.6 is 22.9 Å². The molecule has 3 N–H and O–H groups in total. The van der Waals surface area contributed by atoms with Crippen molar-refractivity contribution < 1.29 is 0 Å². The van der Waals surface area contributed by atoms with E-state index >= 15 is 0 Å². The molecule has 0 aliphatic heterocycles. The average molecular weight is 307 g/mol. The Kier molecular flexibility index (Phi) is 4.41. The lowest BCUT2D eigenvalue weighted by Crippen LogP contribution is -2.28. The number of halogens is 1. The zero-order valence-electron chi connectivity index (χ0n) is 11.4. The molecule has 1 atom stereocenters. The van der Waals surface area contributed by atoms with Crippen molar-refractivity contribution in [1.29, 1.82) is 0 Å². The van der Waals surface area contributed by atoms with E-state index in [-0.39, 0.29) is 6.04 Å². The quantitative estimate of drug-likeness (QED) is 0.506. The Balaban J connectivity index is 1.93. The van der Waals surface area contributed by atoms with Crippen molar-refractivity contribution in [1.82, 2.24) is 5.43 Å². The summed E-state index contributed by atoms with van der Waals surface area (Å²) in [5.41, 5.74) is 5.58. The summed E-state index contributed by atoms with van der Waals surface area (Å²) in [5, 5.41) is 0.751. The highest BCUT2D eigenvalue weighted by Gasteiger charge is 2.19. The molecule has 1 aromatic carbocycles. The Bertz CT molecular complexity index is 570. The van der Waals surface area contributed by atoms with Gasteiger partial charge in [0.05, 0.1) is 6.04 Å². The lowest BCUT2D eigenvalue weighted by molar-refractivity contribution is 0.645. The van der Waals surface area contributed by atoms with Crippen LogP contribution in [0.25, 0.3) is 0 Å². The first kappa shape index (κ1) is 14.1. The van der Waals surface area contributed by atoms with Gasteiger partial charge in [0, 0.05) is 14.8 Å². The number of nitrogens with two attached hydrogens (primary N) is 1. The van der Waals surface area contributed by atoms with Gasteiger partial charge in [-0.3, -0.25) is 5.84 Å². The fourth-order valence-corrected chi connectivity index (χ4v) is 4.41. The number of fused-ring (bicyclic) bond motifs is 1. The third-order valence-corrected chi connectivity index (χ3v) is 5.44. The number of thiophene rings is 1. The summed E-state index contributed by atoms with van der Waals surface area (Å²) in [4.78, 5) is 2.83. The smallest absolute Gasteiger partial charge is 0.0803 e. The molecule has 0 fully saturated rings. The number of hydrogen-bond donors (Lipinski definition) is 2. The molecule has 0 bridgehead atoms. The third-order valence-electron chi connectivity index (χ3n) is 3.90. The van der Waals surface area contributed by atoms with Crippen LogP contribution in [0.3, 0.4) is 0 Å². The Hall–Kier alpha value is -0.870. The van der Waals surface area contributed by atoms with E-state index in [4.69, 9.17) is 17.4 Å². The van der Waals surface area contributed by atoms with Crippen LogP contribution in [0.4, 0.5) is 0 Å². The molecular formula is C16H19ClN2S. The minimum absolute atomic E-state index is 0.0330. The molecule has 0 saturated heterocycles. The molecule has 0 amide bonds. The summed E-state index contributed by atoms with van der Waals surface area (Å²) in [6.07, 6.45) is 6.39. The first-order valence-corrected chi connectivity index (χ1v) is 8.30. The van der Waals surface area contributed by atoms with E-state index < -0.39 is 0 Å². The largest absolute Gasteiger partial charge is 0.271 e. The van der Waals surface area contributed by atoms with Crippen molar-refractivity contribution in [3.05, 3.63) is 56.2 Å². The maximum atomic E-state index is 6.09. The Morgan fingerprint density at radius 1 is 1.15 bits per heavy atom. The van der Waals surface area contributed by atoms with Crippen LogP contribution in [0.15, 0.2) is 30.3 Å². The predicted molar refractivity (Wildman–Crippen MR) is 86.2 cm³/mol. The van der Waals surface area contributed by atoms with Gasteiger partial charge in [-0.05, 0) is 55.0 Å². The second-order valence-corrected chi connectivity index (χ2v) is 6.92. The first-order valence-electron chi connectivity index (χ1n) is 7.11. The minimum Gasteiger partial charge on any atom is -0.271 e. The Morgan fingerprint density at radius 2 is 2.00 bits per heavy atom. The zero-order valence-corrected chi connectivity index (χ0v) is 12.9. The molecular weight excluding hydrogens is 288 g/mol. The Labute approximate surface area is 128 Å². The lowest BCUT2D eigenvalue weighted by Gasteiger charge is -2.15. The van der Waals surface area contributed by atoms with Crippen molar-refractivity contribution in [2.24, 2.45) is 5.84 Å². The van der Waals surface area contributed by atoms with Crippen molar-refractivity contribution >= 4 is 22.9 Å². The van der Waals surface area contributed by atoms with Crippen LogP contribution in [-0.4, -0.2) is 0 Å². The van der Waals surface area contributed by atoms with Crippen molar-refractivity contribution in [3.8, 4) is 0 Å². The van der Waals surface area contributed by atoms with Gasteiger partial charge in [-0.25, -0.2) is 5.43 Å². The van der Waals surface area contributed by atoms with E-state index in [1.54, 1.807) is 4.88 Å². The highest BCUT2D eigenvalue weighted by atomic mass is 35.5. The molecule has 0 saturated carbocycles. The fraction of sp³-hybridized carbons (Fsp3) is 0.375. The maximum absolute atomic E-state index is 6.09. The molecule has 1 aliphatic carbocycles. The molecule has 0 spiro atoms. The molecule has 106 valence electrons. The molecule has 1 unspecified atom stereocenters. The topological polar surface area (TPSA) is 38.0 Å². The molecule has 2 aromatic rings. The van der Waals surface area contributed by atoms with Crippen LogP contribution < -0.4 is 11.3 Å². The monoisotopic (exact) mass is 306 g/mol. The van der Waals surface area contributed by atoms with Gasteiger partial charge >= 0.3 is 0 Å². The van der Waals surface area contributed by atoms with Gasteiger partial charge in [-0.2, -0.15) is 0 Å². The number of hydrazine groups is 1. The number of nitrogens with one attached hydrogen (secondary N) is 1. The normalized spacial score (nSPS) is 16.5. The number of rotatable bonds is 3. The highest BCUT2D eigenvalue weighted by Crippen LogP contribution is 2.35. The van der Waals surface area contributed by atoms with E-state index in [0.717, 1.165) is 10.6 Å². The minimum atomic E-state index is 0.0330. The maximum Gasteiger partial charge on any atom is 0.0803 e. The van der Waals surface area contributed by atoms with Crippen LogP contribution in [0.5, 0.6) is 0 Å². The summed E-state index contributed by atoms with van der Waals surface area (Å²) in [5.74, 6) is 5.79. The second kappa shape index (κ2) is 6.27. The molecule has 4 heteroatoms. The molecule has 1 heterocycles. The third kappa shape index (κ3) is 2.91. The van der Waals surface area contributed by atoms with Crippen molar-refractivity contribution in [2.75, 3.05) is 0 Å². The summed E-state index contributed by atoms with van der Waals surface area (Å²) >= 11 is 7.99. The summed E-state index contributed by atoms with van der Waals surface area (Å²) < 4.78 is 0. The van der Waals surface area contributed by atoms with Gasteiger partial charge in [0.25, 0.3) is 0 Å². The number of aryl methyl sites for hydroxylation is 2. The van der Waals surface area contributed by atoms with E-state index in [2.05, 4.69) is 17.6 Å². The van der Waals surface area contributed by atoms with Crippen LogP contribution in [0.1, 0.15) is 46.2 Å². The number of benzene rings is 1. The van der Waals surface area contributed by atoms with E-state index in [1.807, 2.05) is 29.5 Å². The molecule has 2 nitrogen and oxygen atoms in total. The van der Waals surface area contributed by atoms with E-state index in [1.165, 1.54) is 42.5 Å². The predicted octanol–water partition coefficient (Wildman–Crippen LogP) is 4.22. The fourth-order valence-electron chi connectivity index (χ4n) is 2.86. The van der Waals surface area contributed by atoms with Crippen LogP contribution in [0, 0.1) is 0 Å². The molecule has 3 rings (SSSR count). The second-order valence-electron chi connectivity index (χ2n) is 5.31. The van der Waals surface area contributed by atoms with Crippen LogP contribution in [-0.2, 0) is 12.8 Å². The standard InChI is InChI=1S/C16H19ClN2S/c17-13-7-4-6-12(9-13)16(19-18)15-10-11-5-2-1-3-8-14(11)20-15/h4,6-7,9-10,16,19H,1-3,5,8,18H2. The van der Waals surface area contributed by atoms with Crippen molar-refractivity contribution in [2.45, 2.75) is 38.1 Å². The van der Waals surface area contributed by atoms with E-state index in [9.17, 15) is 0 Å². The SMILES string of the molecule is NNC(c1cccc(Cl)c1)c1cc2c(s1)CCCCC2. The van der Waals surface area contributed by atoms with Gasteiger partial charge < -0.3 is 0 Å². The van der Waals surface area contributed by atoms with Gasteiger partial charge in [0.1, 0.15) is 0 Å². The van der Waals surface area contributed by atoms with E-state index in [0.29, 0.717) is 0 Å². The Morgan fingerprint density at radius 3 is 2.80 bits per heavy atom. The van der Waals surface area contributed by atoms with Gasteiger partial charge in [-0.15, -0.1) is 11.3 Å². The summed E-state index contributed by atoms with van der Waals surface area (Å²) in [6.45, 7) is 0. The molecule has 1 aromatic heterocycles. The number of hydrogen-bond acceptors (Lipinski definition) is 3. The molecule has 20 heavy (non-hydrogen) atoms. The first-order chi connectivity index (χ1) is 9.78. The van der Waals surface area contributed by atoms with Crippen molar-refractivity contribution in [3.63, 3.8) is 0 Å². The molecule has 1 aliphatic rings. The van der Waals surface area contributed by atoms with Gasteiger partial charge in [0.15, 0.2) is 0 Å².